The third-order valence-corrected chi connectivity index (χ3v) is 9.99. The van der Waals surface area contributed by atoms with Gasteiger partial charge in [-0.15, -0.1) is 0 Å². The van der Waals surface area contributed by atoms with Crippen LogP contribution in [0.2, 0.25) is 0 Å². The van der Waals surface area contributed by atoms with Gasteiger partial charge in [0.15, 0.2) is 0 Å². The van der Waals surface area contributed by atoms with Crippen LogP contribution in [0.15, 0.2) is 82.6 Å². The number of anilines is 2. The minimum atomic E-state index is -3.55. The Bertz CT molecular complexity index is 1630. The highest BCUT2D eigenvalue weighted by molar-refractivity contribution is 7.93. The fourth-order valence-corrected chi connectivity index (χ4v) is 7.03. The van der Waals surface area contributed by atoms with Crippen molar-refractivity contribution in [2.45, 2.75) is 65.2 Å². The first-order valence-corrected chi connectivity index (χ1v) is 15.9. The molecule has 0 amide bonds. The Labute approximate surface area is 239 Å². The van der Waals surface area contributed by atoms with Gasteiger partial charge in [0.2, 0.25) is 0 Å². The Morgan fingerprint density at radius 1 is 0.450 bits per heavy atom. The summed E-state index contributed by atoms with van der Waals surface area (Å²) in [5, 5.41) is 0. The SMILES string of the molecule is Cc1ccc(S(=O)(=O)Nc2cccc(C)c2C)c(C)c1.Cc1ccc(S(=O)(=O)Nc2cccc(C)c2C)c(C)c1. The van der Waals surface area contributed by atoms with Crippen LogP contribution in [0.4, 0.5) is 11.4 Å². The smallest absolute Gasteiger partial charge is 0.262 e. The average molecular weight is 579 g/mol. The molecular formula is C32H38N2O4S2. The summed E-state index contributed by atoms with van der Waals surface area (Å²) in [5.41, 5.74) is 8.88. The van der Waals surface area contributed by atoms with Gasteiger partial charge < -0.3 is 0 Å². The van der Waals surface area contributed by atoms with Gasteiger partial charge >= 0.3 is 0 Å². The van der Waals surface area contributed by atoms with Gasteiger partial charge in [-0.05, 0) is 113 Å². The molecule has 0 heterocycles. The quantitative estimate of drug-likeness (QED) is 0.249. The lowest BCUT2D eigenvalue weighted by molar-refractivity contribution is 0.599. The van der Waals surface area contributed by atoms with Gasteiger partial charge in [0.1, 0.15) is 0 Å². The first-order valence-electron chi connectivity index (χ1n) is 12.9. The highest BCUT2D eigenvalue weighted by Crippen LogP contribution is 2.25. The summed E-state index contributed by atoms with van der Waals surface area (Å²) in [6.07, 6.45) is 0. The number of sulfonamides is 2. The molecule has 0 bridgehead atoms. The fourth-order valence-electron chi connectivity index (χ4n) is 4.32. The van der Waals surface area contributed by atoms with E-state index in [0.717, 1.165) is 44.5 Å². The second kappa shape index (κ2) is 12.3. The van der Waals surface area contributed by atoms with Gasteiger partial charge in [0.25, 0.3) is 20.0 Å². The zero-order chi connectivity index (χ0) is 29.8. The topological polar surface area (TPSA) is 92.3 Å². The molecule has 4 rings (SSSR count). The third kappa shape index (κ3) is 7.31. The van der Waals surface area contributed by atoms with E-state index in [2.05, 4.69) is 9.44 Å². The van der Waals surface area contributed by atoms with Crippen LogP contribution in [0, 0.1) is 55.4 Å². The molecule has 0 atom stereocenters. The summed E-state index contributed by atoms with van der Waals surface area (Å²) < 4.78 is 55.3. The Balaban J connectivity index is 0.000000220. The number of nitrogens with one attached hydrogen (secondary N) is 2. The fraction of sp³-hybridized carbons (Fsp3) is 0.250. The summed E-state index contributed by atoms with van der Waals surface area (Å²) in [4.78, 5) is 0.646. The van der Waals surface area contributed by atoms with E-state index in [1.807, 2.05) is 104 Å². The molecule has 0 fully saturated rings. The summed E-state index contributed by atoms with van der Waals surface area (Å²) in [5.74, 6) is 0. The Hall–Kier alpha value is -3.62. The molecule has 0 aliphatic rings. The van der Waals surface area contributed by atoms with Crippen LogP contribution in [0.25, 0.3) is 0 Å². The Morgan fingerprint density at radius 2 is 0.800 bits per heavy atom. The summed E-state index contributed by atoms with van der Waals surface area (Å²) in [6.45, 7) is 15.3. The number of hydrogen-bond acceptors (Lipinski definition) is 4. The molecule has 4 aromatic rings. The van der Waals surface area contributed by atoms with Gasteiger partial charge in [-0.2, -0.15) is 0 Å². The van der Waals surface area contributed by atoms with Crippen LogP contribution in [-0.4, -0.2) is 16.8 Å². The lowest BCUT2D eigenvalue weighted by Gasteiger charge is -2.13. The maximum atomic E-state index is 12.5. The molecule has 40 heavy (non-hydrogen) atoms. The highest BCUT2D eigenvalue weighted by atomic mass is 32.2. The maximum Gasteiger partial charge on any atom is 0.262 e. The van der Waals surface area contributed by atoms with Crippen molar-refractivity contribution in [2.24, 2.45) is 0 Å². The predicted octanol–water partition coefficient (Wildman–Crippen LogP) is 7.44. The van der Waals surface area contributed by atoms with Crippen molar-refractivity contribution >= 4 is 31.4 Å². The van der Waals surface area contributed by atoms with E-state index in [0.29, 0.717) is 21.2 Å². The molecule has 0 radical (unpaired) electrons. The molecule has 0 spiro atoms. The second-order valence-corrected chi connectivity index (χ2v) is 13.5. The normalized spacial score (nSPS) is 11.4. The lowest BCUT2D eigenvalue weighted by Crippen LogP contribution is -2.15. The maximum absolute atomic E-state index is 12.5. The standard InChI is InChI=1S/2C16H19NO2S/c2*1-11-8-9-16(13(3)10-11)20(18,19)17-15-7-5-6-12(2)14(15)4/h2*5-10,17H,1-4H3. The highest BCUT2D eigenvalue weighted by Gasteiger charge is 2.19. The minimum absolute atomic E-state index is 0.323. The molecule has 0 aliphatic heterocycles. The van der Waals surface area contributed by atoms with E-state index in [1.54, 1.807) is 24.3 Å². The summed E-state index contributed by atoms with van der Waals surface area (Å²) >= 11 is 0. The van der Waals surface area contributed by atoms with Crippen LogP contribution in [0.3, 0.4) is 0 Å². The van der Waals surface area contributed by atoms with Crippen molar-refractivity contribution in [2.75, 3.05) is 9.44 Å². The molecule has 0 aliphatic carbocycles. The zero-order valence-electron chi connectivity index (χ0n) is 24.4. The molecule has 0 unspecified atom stereocenters. The molecule has 0 saturated carbocycles. The molecule has 212 valence electrons. The van der Waals surface area contributed by atoms with Crippen LogP contribution in [0.1, 0.15) is 44.5 Å². The largest absolute Gasteiger partial charge is 0.279 e. The first-order chi connectivity index (χ1) is 18.6. The van der Waals surface area contributed by atoms with Gasteiger partial charge in [-0.25, -0.2) is 16.8 Å². The average Bonchev–Trinajstić information content (AvgIpc) is 2.84. The van der Waals surface area contributed by atoms with Crippen molar-refractivity contribution < 1.29 is 16.8 Å². The van der Waals surface area contributed by atoms with Gasteiger partial charge in [0, 0.05) is 0 Å². The van der Waals surface area contributed by atoms with E-state index < -0.39 is 20.0 Å². The van der Waals surface area contributed by atoms with E-state index in [1.165, 1.54) is 0 Å². The summed E-state index contributed by atoms with van der Waals surface area (Å²) in [6, 6.07) is 21.9. The number of benzene rings is 4. The molecule has 2 N–H and O–H groups in total. The monoisotopic (exact) mass is 578 g/mol. The van der Waals surface area contributed by atoms with Crippen molar-refractivity contribution in [3.63, 3.8) is 0 Å². The van der Waals surface area contributed by atoms with E-state index >= 15 is 0 Å². The van der Waals surface area contributed by atoms with E-state index in [9.17, 15) is 16.8 Å². The van der Waals surface area contributed by atoms with Gasteiger partial charge in [0.05, 0.1) is 21.2 Å². The molecule has 6 nitrogen and oxygen atoms in total. The van der Waals surface area contributed by atoms with Crippen LogP contribution < -0.4 is 9.44 Å². The van der Waals surface area contributed by atoms with Crippen LogP contribution >= 0.6 is 0 Å². The summed E-state index contributed by atoms with van der Waals surface area (Å²) in [7, 11) is -7.10. The van der Waals surface area contributed by atoms with E-state index in [-0.39, 0.29) is 0 Å². The number of rotatable bonds is 6. The van der Waals surface area contributed by atoms with Crippen molar-refractivity contribution in [1.29, 1.82) is 0 Å². The molecule has 4 aromatic carbocycles. The molecule has 0 saturated heterocycles. The lowest BCUT2D eigenvalue weighted by atomic mass is 10.1. The molecule has 0 aromatic heterocycles. The van der Waals surface area contributed by atoms with Crippen LogP contribution in [-0.2, 0) is 20.0 Å². The van der Waals surface area contributed by atoms with Gasteiger partial charge in [-0.3, -0.25) is 9.44 Å². The van der Waals surface area contributed by atoms with Crippen molar-refractivity contribution in [3.8, 4) is 0 Å². The minimum Gasteiger partial charge on any atom is -0.279 e. The molecule has 8 heteroatoms. The van der Waals surface area contributed by atoms with E-state index in [4.69, 9.17) is 0 Å². The third-order valence-electron chi connectivity index (χ3n) is 6.94. The van der Waals surface area contributed by atoms with Crippen molar-refractivity contribution in [1.82, 2.24) is 0 Å². The first kappa shape index (κ1) is 30.9. The Kier molecular flexibility index (Phi) is 9.48. The second-order valence-electron chi connectivity index (χ2n) is 10.2. The van der Waals surface area contributed by atoms with Crippen molar-refractivity contribution in [3.05, 3.63) is 117 Å². The Morgan fingerprint density at radius 3 is 1.12 bits per heavy atom. The zero-order valence-corrected chi connectivity index (χ0v) is 26.0. The number of hydrogen-bond donors (Lipinski definition) is 2. The molecular weight excluding hydrogens is 540 g/mol. The number of aryl methyl sites for hydroxylation is 6. The predicted molar refractivity (Wildman–Crippen MR) is 165 cm³/mol. The van der Waals surface area contributed by atoms with Gasteiger partial charge in [-0.1, -0.05) is 59.7 Å². The van der Waals surface area contributed by atoms with Crippen LogP contribution in [0.5, 0.6) is 0 Å².